The van der Waals surface area contributed by atoms with E-state index in [9.17, 15) is 13.0 Å². The highest BCUT2D eigenvalue weighted by Gasteiger charge is 2.36. The lowest BCUT2D eigenvalue weighted by atomic mass is 9.72. The van der Waals surface area contributed by atoms with Gasteiger partial charge in [-0.1, -0.05) is 29.8 Å². The summed E-state index contributed by atoms with van der Waals surface area (Å²) in [5.74, 6) is -0.750. The second-order valence-electron chi connectivity index (χ2n) is 8.03. The van der Waals surface area contributed by atoms with E-state index >= 15 is 0 Å². The van der Waals surface area contributed by atoms with Crippen molar-refractivity contribution in [2.24, 2.45) is 11.7 Å². The number of anilines is 1. The maximum absolute atomic E-state index is 14.7. The Morgan fingerprint density at radius 1 is 1.33 bits per heavy atom. The lowest BCUT2D eigenvalue weighted by Crippen LogP contribution is -2.48. The van der Waals surface area contributed by atoms with Crippen molar-refractivity contribution in [1.82, 2.24) is 4.98 Å². The quantitative estimate of drug-likeness (QED) is 0.422. The zero-order valence-corrected chi connectivity index (χ0v) is 20.1. The van der Waals surface area contributed by atoms with Crippen LogP contribution in [0.3, 0.4) is 0 Å². The third-order valence-electron chi connectivity index (χ3n) is 5.62. The predicted octanol–water partition coefficient (Wildman–Crippen LogP) is 5.80. The fourth-order valence-electron chi connectivity index (χ4n) is 3.80. The molecule has 3 aromatic rings. The Hall–Kier alpha value is -2.33. The van der Waals surface area contributed by atoms with Crippen molar-refractivity contribution in [1.29, 1.82) is 0 Å². The standard InChI is InChI=1S/C23H22ClF2N3O2S2/c1-23(27)8-2-3-16(14-4-6-15(25)7-5-14)17(23)11-31-20-10-19(26)21(9-18(20)24)33(30)29-22-12-32-13-28-22/h3-7,9-10,12-13,17,29H,2,8,11,27H2,1H3. The van der Waals surface area contributed by atoms with Gasteiger partial charge in [0, 0.05) is 22.9 Å². The van der Waals surface area contributed by atoms with Gasteiger partial charge in [-0.25, -0.2) is 18.0 Å². The van der Waals surface area contributed by atoms with Crippen LogP contribution < -0.4 is 15.2 Å². The summed E-state index contributed by atoms with van der Waals surface area (Å²) in [4.78, 5) is 3.88. The van der Waals surface area contributed by atoms with Crippen molar-refractivity contribution < 1.29 is 17.7 Å². The van der Waals surface area contributed by atoms with Crippen LogP contribution in [0.5, 0.6) is 5.75 Å². The van der Waals surface area contributed by atoms with Gasteiger partial charge in [-0.05, 0) is 49.1 Å². The van der Waals surface area contributed by atoms with Gasteiger partial charge >= 0.3 is 0 Å². The van der Waals surface area contributed by atoms with E-state index in [0.29, 0.717) is 5.82 Å². The molecule has 3 N–H and O–H groups in total. The molecule has 0 saturated heterocycles. The van der Waals surface area contributed by atoms with Crippen LogP contribution in [0.25, 0.3) is 5.57 Å². The van der Waals surface area contributed by atoms with Crippen LogP contribution in [0.1, 0.15) is 25.3 Å². The summed E-state index contributed by atoms with van der Waals surface area (Å²) in [6, 6.07) is 8.63. The minimum absolute atomic E-state index is 0.103. The summed E-state index contributed by atoms with van der Waals surface area (Å²) in [6.07, 6.45) is 3.61. The Kier molecular flexibility index (Phi) is 7.13. The Balaban J connectivity index is 1.53. The van der Waals surface area contributed by atoms with Crippen molar-refractivity contribution in [3.63, 3.8) is 0 Å². The third-order valence-corrected chi connectivity index (χ3v) is 7.61. The molecule has 0 bridgehead atoms. The normalized spacial score (nSPS) is 21.4. The highest BCUT2D eigenvalue weighted by molar-refractivity contribution is 7.86. The lowest BCUT2D eigenvalue weighted by molar-refractivity contribution is 0.206. The summed E-state index contributed by atoms with van der Waals surface area (Å²) >= 11 is 7.66. The van der Waals surface area contributed by atoms with Crippen LogP contribution in [0.4, 0.5) is 14.6 Å². The van der Waals surface area contributed by atoms with Gasteiger partial charge in [-0.15, -0.1) is 11.3 Å². The number of halogens is 3. The monoisotopic (exact) mass is 509 g/mol. The molecule has 3 unspecified atom stereocenters. The molecule has 0 spiro atoms. The first kappa shape index (κ1) is 23.8. The van der Waals surface area contributed by atoms with Gasteiger partial charge < -0.3 is 10.5 Å². The van der Waals surface area contributed by atoms with E-state index in [-0.39, 0.29) is 34.0 Å². The molecular weight excluding hydrogens is 488 g/mol. The number of ether oxygens (including phenoxy) is 1. The number of allylic oxidation sites excluding steroid dienone is 1. The Morgan fingerprint density at radius 3 is 2.79 bits per heavy atom. The number of nitrogens with zero attached hydrogens (tertiary/aromatic N) is 1. The molecule has 0 saturated carbocycles. The summed E-state index contributed by atoms with van der Waals surface area (Å²) in [5.41, 5.74) is 9.39. The molecule has 33 heavy (non-hydrogen) atoms. The molecule has 3 atom stereocenters. The zero-order chi connectivity index (χ0) is 23.6. The number of hydrogen-bond acceptors (Lipinski definition) is 5. The van der Waals surface area contributed by atoms with E-state index in [1.165, 1.54) is 29.5 Å². The first-order valence-electron chi connectivity index (χ1n) is 10.2. The molecule has 1 aliphatic carbocycles. The van der Waals surface area contributed by atoms with Crippen molar-refractivity contribution in [3.8, 4) is 5.75 Å². The maximum Gasteiger partial charge on any atom is 0.154 e. The number of benzene rings is 2. The van der Waals surface area contributed by atoms with Gasteiger partial charge in [-0.2, -0.15) is 0 Å². The van der Waals surface area contributed by atoms with Gasteiger partial charge in [0.2, 0.25) is 0 Å². The molecule has 0 radical (unpaired) electrons. The van der Waals surface area contributed by atoms with Crippen LogP contribution in [-0.2, 0) is 11.0 Å². The molecule has 5 nitrogen and oxygen atoms in total. The number of nitrogens with one attached hydrogen (secondary N) is 1. The molecule has 2 aromatic carbocycles. The summed E-state index contributed by atoms with van der Waals surface area (Å²) in [5, 5.41) is 1.79. The van der Waals surface area contributed by atoms with Gasteiger partial charge in [0.1, 0.15) is 23.2 Å². The SMILES string of the molecule is CC1(N)CCC=C(c2ccc(F)cc2)C1COc1cc(F)c(S(=O)Nc2cscn2)cc1Cl. The predicted molar refractivity (Wildman–Crippen MR) is 129 cm³/mol. The van der Waals surface area contributed by atoms with Crippen molar-refractivity contribution in [3.05, 3.63) is 75.6 Å². The first-order valence-corrected chi connectivity index (χ1v) is 12.6. The molecule has 1 heterocycles. The summed E-state index contributed by atoms with van der Waals surface area (Å²) in [6.45, 7) is 2.09. The van der Waals surface area contributed by atoms with E-state index in [1.54, 1.807) is 23.0 Å². The maximum atomic E-state index is 14.7. The van der Waals surface area contributed by atoms with Crippen LogP contribution in [0.2, 0.25) is 5.02 Å². The highest BCUT2D eigenvalue weighted by Crippen LogP contribution is 2.39. The minimum atomic E-state index is -1.88. The second kappa shape index (κ2) is 9.89. The second-order valence-corrected chi connectivity index (χ2v) is 10.3. The van der Waals surface area contributed by atoms with E-state index in [0.717, 1.165) is 30.0 Å². The third kappa shape index (κ3) is 5.43. The van der Waals surface area contributed by atoms with Crippen molar-refractivity contribution in [2.75, 3.05) is 11.3 Å². The van der Waals surface area contributed by atoms with E-state index < -0.39 is 22.3 Å². The van der Waals surface area contributed by atoms with Crippen molar-refractivity contribution >= 4 is 45.3 Å². The Labute approximate surface area is 202 Å². The number of hydrogen-bond donors (Lipinski definition) is 2. The number of nitrogens with two attached hydrogens (primary N) is 1. The Bertz CT molecular complexity index is 1190. The largest absolute Gasteiger partial charge is 0.491 e. The van der Waals surface area contributed by atoms with E-state index in [1.807, 2.05) is 6.92 Å². The molecule has 174 valence electrons. The number of rotatable bonds is 7. The van der Waals surface area contributed by atoms with Crippen LogP contribution >= 0.6 is 22.9 Å². The fraction of sp³-hybridized carbons (Fsp3) is 0.261. The van der Waals surface area contributed by atoms with Crippen LogP contribution in [0.15, 0.2) is 58.3 Å². The molecule has 0 aliphatic heterocycles. The van der Waals surface area contributed by atoms with Crippen LogP contribution in [0, 0.1) is 17.6 Å². The molecule has 0 fully saturated rings. The van der Waals surface area contributed by atoms with Gasteiger partial charge in [0.25, 0.3) is 0 Å². The summed E-state index contributed by atoms with van der Waals surface area (Å²) < 4.78 is 49.2. The smallest absolute Gasteiger partial charge is 0.154 e. The van der Waals surface area contributed by atoms with E-state index in [2.05, 4.69) is 15.8 Å². The van der Waals surface area contributed by atoms with Gasteiger partial charge in [-0.3, -0.25) is 4.72 Å². The van der Waals surface area contributed by atoms with Gasteiger partial charge in [0.05, 0.1) is 22.0 Å². The lowest BCUT2D eigenvalue weighted by Gasteiger charge is -2.39. The average Bonchev–Trinajstić information content (AvgIpc) is 3.27. The first-order chi connectivity index (χ1) is 15.7. The number of aromatic nitrogens is 1. The molecule has 1 aliphatic rings. The molecule has 0 amide bonds. The molecule has 4 rings (SSSR count). The number of thiazole rings is 1. The van der Waals surface area contributed by atoms with Crippen LogP contribution in [-0.4, -0.2) is 21.3 Å². The highest BCUT2D eigenvalue weighted by atomic mass is 35.5. The minimum Gasteiger partial charge on any atom is -0.491 e. The average molecular weight is 510 g/mol. The Morgan fingerprint density at radius 2 is 2.09 bits per heavy atom. The molecular formula is C23H22ClF2N3O2S2. The van der Waals surface area contributed by atoms with E-state index in [4.69, 9.17) is 22.1 Å². The van der Waals surface area contributed by atoms with Crippen molar-refractivity contribution in [2.45, 2.75) is 30.2 Å². The summed E-state index contributed by atoms with van der Waals surface area (Å²) in [7, 11) is -1.88. The topological polar surface area (TPSA) is 77.2 Å². The zero-order valence-electron chi connectivity index (χ0n) is 17.7. The van der Waals surface area contributed by atoms with Gasteiger partial charge in [0.15, 0.2) is 11.0 Å². The molecule has 10 heteroatoms. The molecule has 1 aromatic heterocycles. The fourth-order valence-corrected chi connectivity index (χ4v) is 5.51.